The molecule has 0 spiro atoms. The van der Waals surface area contributed by atoms with Crippen LogP contribution in [0.3, 0.4) is 0 Å². The largest absolute Gasteiger partial charge is 0.419 e. The minimum absolute atomic E-state index is 0.230. The number of halogens is 4. The van der Waals surface area contributed by atoms with Gasteiger partial charge in [-0.05, 0) is 17.7 Å². The van der Waals surface area contributed by atoms with Gasteiger partial charge in [-0.25, -0.2) is 4.68 Å². The molecule has 7 heteroatoms. The lowest BCUT2D eigenvalue weighted by molar-refractivity contribution is -0.137. The Hall–Kier alpha value is -1.53. The molecule has 1 aromatic carbocycles. The molecular weight excluding hydrogens is 269 g/mol. The number of hydrogen-bond acceptors (Lipinski definition) is 2. The highest BCUT2D eigenvalue weighted by Gasteiger charge is 2.32. The molecule has 0 aliphatic heterocycles. The van der Waals surface area contributed by atoms with Crippen molar-refractivity contribution < 1.29 is 18.3 Å². The first-order chi connectivity index (χ1) is 8.41. The molecule has 0 unspecified atom stereocenters. The van der Waals surface area contributed by atoms with Crippen LogP contribution in [0.2, 0.25) is 5.02 Å². The van der Waals surface area contributed by atoms with Gasteiger partial charge in [0.2, 0.25) is 0 Å². The first kappa shape index (κ1) is 12.9. The van der Waals surface area contributed by atoms with Gasteiger partial charge in [-0.1, -0.05) is 17.7 Å². The Balaban J connectivity index is 2.38. The molecule has 0 radical (unpaired) electrons. The third kappa shape index (κ3) is 2.49. The normalized spacial score (nSPS) is 11.8. The lowest BCUT2D eigenvalue weighted by atomic mass is 10.2. The standard InChI is InChI=1S/C11H8ClF3N2O/c12-10-3-9(2-1-7(10)6-18)17-5-8(4-16-17)11(13,14)15/h1-5,18H,6H2. The third-order valence-electron chi connectivity index (χ3n) is 2.38. The molecule has 0 amide bonds. The second kappa shape index (κ2) is 4.62. The van der Waals surface area contributed by atoms with E-state index in [4.69, 9.17) is 16.7 Å². The first-order valence-corrected chi connectivity index (χ1v) is 5.31. The molecule has 96 valence electrons. The van der Waals surface area contributed by atoms with Gasteiger partial charge in [0, 0.05) is 11.2 Å². The van der Waals surface area contributed by atoms with E-state index in [1.807, 2.05) is 0 Å². The maximum atomic E-state index is 12.4. The zero-order valence-corrected chi connectivity index (χ0v) is 9.70. The molecule has 0 aliphatic carbocycles. The fourth-order valence-corrected chi connectivity index (χ4v) is 1.65. The quantitative estimate of drug-likeness (QED) is 0.915. The highest BCUT2D eigenvalue weighted by atomic mass is 35.5. The van der Waals surface area contributed by atoms with Crippen LogP contribution in [-0.4, -0.2) is 14.9 Å². The number of benzene rings is 1. The summed E-state index contributed by atoms with van der Waals surface area (Å²) in [6.45, 7) is -0.230. The van der Waals surface area contributed by atoms with Crippen molar-refractivity contribution in [2.24, 2.45) is 0 Å². The summed E-state index contributed by atoms with van der Waals surface area (Å²) in [7, 11) is 0. The number of aliphatic hydroxyl groups excluding tert-OH is 1. The van der Waals surface area contributed by atoms with Crippen molar-refractivity contribution in [3.63, 3.8) is 0 Å². The number of hydrogen-bond donors (Lipinski definition) is 1. The van der Waals surface area contributed by atoms with Gasteiger partial charge < -0.3 is 5.11 Å². The molecule has 18 heavy (non-hydrogen) atoms. The fraction of sp³-hybridized carbons (Fsp3) is 0.182. The van der Waals surface area contributed by atoms with Crippen LogP contribution in [0.1, 0.15) is 11.1 Å². The molecule has 2 rings (SSSR count). The summed E-state index contributed by atoms with van der Waals surface area (Å²) < 4.78 is 38.3. The van der Waals surface area contributed by atoms with Crippen molar-refractivity contribution in [1.29, 1.82) is 0 Å². The Morgan fingerprint density at radius 1 is 1.33 bits per heavy atom. The SMILES string of the molecule is OCc1ccc(-n2cc(C(F)(F)F)cn2)cc1Cl. The van der Waals surface area contributed by atoms with Gasteiger partial charge in [0.25, 0.3) is 0 Å². The molecule has 1 heterocycles. The minimum Gasteiger partial charge on any atom is -0.392 e. The summed E-state index contributed by atoms with van der Waals surface area (Å²) in [5.41, 5.74) is 0.0705. The van der Waals surface area contributed by atoms with Crippen LogP contribution in [0.15, 0.2) is 30.6 Å². The van der Waals surface area contributed by atoms with Crippen LogP contribution in [0, 0.1) is 0 Å². The lowest BCUT2D eigenvalue weighted by Crippen LogP contribution is -2.03. The van der Waals surface area contributed by atoms with Crippen LogP contribution >= 0.6 is 11.6 Å². The molecule has 1 N–H and O–H groups in total. The molecule has 0 saturated heterocycles. The smallest absolute Gasteiger partial charge is 0.392 e. The van der Waals surface area contributed by atoms with Crippen LogP contribution in [0.5, 0.6) is 0 Å². The van der Waals surface area contributed by atoms with Crippen molar-refractivity contribution in [3.05, 3.63) is 46.7 Å². The van der Waals surface area contributed by atoms with E-state index in [-0.39, 0.29) is 11.6 Å². The van der Waals surface area contributed by atoms with E-state index in [0.717, 1.165) is 17.1 Å². The van der Waals surface area contributed by atoms with E-state index in [0.29, 0.717) is 11.3 Å². The monoisotopic (exact) mass is 276 g/mol. The van der Waals surface area contributed by atoms with E-state index in [2.05, 4.69) is 5.10 Å². The molecule has 0 aliphatic rings. The zero-order valence-electron chi connectivity index (χ0n) is 8.95. The minimum atomic E-state index is -4.42. The van der Waals surface area contributed by atoms with Crippen molar-refractivity contribution in [2.45, 2.75) is 12.8 Å². The first-order valence-electron chi connectivity index (χ1n) is 4.93. The number of aliphatic hydroxyl groups is 1. The molecule has 3 nitrogen and oxygen atoms in total. The second-order valence-corrected chi connectivity index (χ2v) is 4.01. The maximum absolute atomic E-state index is 12.4. The van der Waals surface area contributed by atoms with E-state index in [9.17, 15) is 13.2 Å². The molecular formula is C11H8ClF3N2O. The summed E-state index contributed by atoms with van der Waals surface area (Å²) >= 11 is 5.85. The van der Waals surface area contributed by atoms with Crippen LogP contribution in [0.4, 0.5) is 13.2 Å². The fourth-order valence-electron chi connectivity index (χ4n) is 1.42. The summed E-state index contributed by atoms with van der Waals surface area (Å²) in [6, 6.07) is 4.51. The molecule has 0 atom stereocenters. The Bertz CT molecular complexity index is 566. The highest BCUT2D eigenvalue weighted by molar-refractivity contribution is 6.31. The van der Waals surface area contributed by atoms with Gasteiger partial charge in [-0.3, -0.25) is 0 Å². The van der Waals surface area contributed by atoms with Crippen molar-refractivity contribution in [1.82, 2.24) is 9.78 Å². The van der Waals surface area contributed by atoms with Gasteiger partial charge in [-0.2, -0.15) is 18.3 Å². The Labute approximate surface area is 105 Å². The summed E-state index contributed by atoms with van der Waals surface area (Å²) in [4.78, 5) is 0. The Morgan fingerprint density at radius 2 is 2.06 bits per heavy atom. The van der Waals surface area contributed by atoms with Crippen LogP contribution < -0.4 is 0 Å². The predicted molar refractivity (Wildman–Crippen MR) is 59.5 cm³/mol. The average Bonchev–Trinajstić information content (AvgIpc) is 2.77. The summed E-state index contributed by atoms with van der Waals surface area (Å²) in [5.74, 6) is 0. The Kier molecular flexibility index (Phi) is 3.32. The van der Waals surface area contributed by atoms with E-state index in [1.54, 1.807) is 0 Å². The van der Waals surface area contributed by atoms with E-state index < -0.39 is 11.7 Å². The summed E-state index contributed by atoms with van der Waals surface area (Å²) in [5, 5.41) is 12.8. The van der Waals surface area contributed by atoms with Crippen molar-refractivity contribution in [2.75, 3.05) is 0 Å². The third-order valence-corrected chi connectivity index (χ3v) is 2.73. The van der Waals surface area contributed by atoms with E-state index >= 15 is 0 Å². The van der Waals surface area contributed by atoms with E-state index in [1.165, 1.54) is 18.2 Å². The molecule has 0 bridgehead atoms. The van der Waals surface area contributed by atoms with Gasteiger partial charge in [0.15, 0.2) is 0 Å². The van der Waals surface area contributed by atoms with Gasteiger partial charge in [-0.15, -0.1) is 0 Å². The predicted octanol–water partition coefficient (Wildman–Crippen LogP) is 3.04. The molecule has 0 saturated carbocycles. The van der Waals surface area contributed by atoms with Crippen molar-refractivity contribution in [3.8, 4) is 5.69 Å². The second-order valence-electron chi connectivity index (χ2n) is 3.61. The van der Waals surface area contributed by atoms with Crippen LogP contribution in [-0.2, 0) is 12.8 Å². The van der Waals surface area contributed by atoms with Gasteiger partial charge in [0.05, 0.1) is 24.1 Å². The molecule has 1 aromatic heterocycles. The lowest BCUT2D eigenvalue weighted by Gasteiger charge is -2.05. The van der Waals surface area contributed by atoms with Crippen molar-refractivity contribution >= 4 is 11.6 Å². The summed E-state index contributed by atoms with van der Waals surface area (Å²) in [6.07, 6.45) is -2.80. The number of aromatic nitrogens is 2. The maximum Gasteiger partial charge on any atom is 0.419 e. The average molecular weight is 277 g/mol. The number of alkyl halides is 3. The number of nitrogens with zero attached hydrogens (tertiary/aromatic N) is 2. The highest BCUT2D eigenvalue weighted by Crippen LogP contribution is 2.29. The molecule has 0 fully saturated rings. The molecule has 2 aromatic rings. The topological polar surface area (TPSA) is 38.0 Å². The number of rotatable bonds is 2. The zero-order chi connectivity index (χ0) is 13.3. The Morgan fingerprint density at radius 3 is 2.56 bits per heavy atom. The van der Waals surface area contributed by atoms with Gasteiger partial charge >= 0.3 is 6.18 Å². The van der Waals surface area contributed by atoms with Crippen LogP contribution in [0.25, 0.3) is 5.69 Å². The van der Waals surface area contributed by atoms with Gasteiger partial charge in [0.1, 0.15) is 0 Å².